The van der Waals surface area contributed by atoms with E-state index in [1.807, 2.05) is 0 Å². The second-order valence-corrected chi connectivity index (χ2v) is 15.4. The molecule has 0 radical (unpaired) electrons. The number of methoxy groups -OCH3 is 2. The number of pyridine rings is 1. The molecule has 0 fully saturated rings. The van der Waals surface area contributed by atoms with Gasteiger partial charge < -0.3 is 19.1 Å². The maximum Gasteiger partial charge on any atom is 0.210 e. The maximum atomic E-state index is 7.20. The number of likely N-dealkylation sites (N-methyl/N-ethyl adjacent to an activating group) is 1. The smallest absolute Gasteiger partial charge is 0.210 e. The molecule has 3 heterocycles. The van der Waals surface area contributed by atoms with Crippen molar-refractivity contribution in [1.29, 1.82) is 0 Å². The van der Waals surface area contributed by atoms with Gasteiger partial charge in [0.15, 0.2) is 18.1 Å². The molecule has 51 heavy (non-hydrogen) atoms. The van der Waals surface area contributed by atoms with E-state index in [1.54, 1.807) is 14.2 Å². The first-order chi connectivity index (χ1) is 24.3. The van der Waals surface area contributed by atoms with Crippen LogP contribution in [-0.2, 0) is 22.6 Å². The van der Waals surface area contributed by atoms with E-state index in [0.717, 1.165) is 43.2 Å². The molecule has 1 aliphatic carbocycles. The van der Waals surface area contributed by atoms with Gasteiger partial charge in [0.05, 0.1) is 19.6 Å². The highest BCUT2D eigenvalue weighted by molar-refractivity contribution is 6.03. The van der Waals surface area contributed by atoms with Gasteiger partial charge in [0, 0.05) is 58.7 Å². The van der Waals surface area contributed by atoms with Crippen molar-refractivity contribution in [3.05, 3.63) is 125 Å². The lowest BCUT2D eigenvalue weighted by Crippen LogP contribution is -2.27. The molecule has 3 aromatic rings. The maximum absolute atomic E-state index is 7.20. The summed E-state index contributed by atoms with van der Waals surface area (Å²) in [4.78, 5) is 2.44. The normalized spacial score (nSPS) is 19.9. The Labute approximate surface area is 306 Å². The number of ether oxygens (including phenoxy) is 3. The van der Waals surface area contributed by atoms with Crippen LogP contribution in [-0.4, -0.2) is 37.6 Å². The second kappa shape index (κ2) is 14.2. The van der Waals surface area contributed by atoms with Crippen molar-refractivity contribution < 1.29 is 23.4 Å². The fourth-order valence-electron chi connectivity index (χ4n) is 8.19. The summed E-state index contributed by atoms with van der Waals surface area (Å²) < 4.78 is 23.0. The van der Waals surface area contributed by atoms with Crippen LogP contribution in [0.3, 0.4) is 0 Å². The van der Waals surface area contributed by atoms with E-state index in [9.17, 15) is 0 Å². The van der Waals surface area contributed by atoms with Gasteiger partial charge in [-0.05, 0) is 106 Å². The number of aryl methyl sites for hydroxylation is 1. The van der Waals surface area contributed by atoms with E-state index < -0.39 is 0 Å². The number of hydrogen-bond acceptors (Lipinski definition) is 4. The lowest BCUT2D eigenvalue weighted by Gasteiger charge is -2.26. The average molecular weight is 688 g/mol. The largest absolute Gasteiger partial charge is 0.497 e. The van der Waals surface area contributed by atoms with Gasteiger partial charge in [-0.15, -0.1) is 0 Å². The van der Waals surface area contributed by atoms with Gasteiger partial charge in [0.1, 0.15) is 37.0 Å². The Morgan fingerprint density at radius 3 is 2.12 bits per heavy atom. The molecular formula is C45H57N3O3+2. The van der Waals surface area contributed by atoms with Crippen molar-refractivity contribution in [2.45, 2.75) is 85.2 Å². The van der Waals surface area contributed by atoms with Crippen molar-refractivity contribution in [3.63, 3.8) is 0 Å². The van der Waals surface area contributed by atoms with Crippen LogP contribution in [0.15, 0.2) is 108 Å². The second-order valence-electron chi connectivity index (χ2n) is 15.4. The molecule has 1 unspecified atom stereocenters. The Hall–Kier alpha value is -4.58. The molecule has 6 heteroatoms. The molecule has 0 saturated carbocycles. The molecule has 6 rings (SSSR count). The fraction of sp³-hybridized carbons (Fsp3) is 0.422. The third kappa shape index (κ3) is 6.54. The average Bonchev–Trinajstić information content (AvgIpc) is 3.68. The number of nitrogens with zero attached hydrogens (tertiary/aromatic N) is 3. The van der Waals surface area contributed by atoms with Crippen LogP contribution in [0.2, 0.25) is 0 Å². The van der Waals surface area contributed by atoms with E-state index in [4.69, 9.17) is 14.2 Å². The summed E-state index contributed by atoms with van der Waals surface area (Å²) in [6.07, 6.45) is 15.3. The lowest BCUT2D eigenvalue weighted by atomic mass is 9.81. The number of fused-ring (bicyclic) bond motifs is 2. The Bertz CT molecular complexity index is 1960. The van der Waals surface area contributed by atoms with Crippen LogP contribution in [0, 0.1) is 5.92 Å². The zero-order valence-electron chi connectivity index (χ0n) is 32.6. The van der Waals surface area contributed by atoms with E-state index in [1.165, 1.54) is 50.6 Å². The Morgan fingerprint density at radius 2 is 1.49 bits per heavy atom. The summed E-state index contributed by atoms with van der Waals surface area (Å²) in [6.45, 7) is 20.0. The molecule has 6 nitrogen and oxygen atoms in total. The van der Waals surface area contributed by atoms with Gasteiger partial charge in [-0.25, -0.2) is 4.57 Å². The van der Waals surface area contributed by atoms with Gasteiger partial charge in [-0.3, -0.25) is 0 Å². The molecule has 0 bridgehead atoms. The number of rotatable bonds is 11. The zero-order valence-corrected chi connectivity index (χ0v) is 32.6. The first-order valence-corrected chi connectivity index (χ1v) is 18.6. The van der Waals surface area contributed by atoms with Crippen LogP contribution >= 0.6 is 0 Å². The molecule has 0 amide bonds. The third-order valence-corrected chi connectivity index (χ3v) is 11.1. The topological polar surface area (TPSA) is 37.8 Å². The molecule has 1 atom stereocenters. The Kier molecular flexibility index (Phi) is 10.1. The highest BCUT2D eigenvalue weighted by Crippen LogP contribution is 2.49. The van der Waals surface area contributed by atoms with Crippen molar-refractivity contribution >= 4 is 17.1 Å². The third-order valence-electron chi connectivity index (χ3n) is 11.1. The van der Waals surface area contributed by atoms with E-state index in [0.29, 0.717) is 0 Å². The minimum Gasteiger partial charge on any atom is -0.497 e. The van der Waals surface area contributed by atoms with E-state index in [2.05, 4.69) is 162 Å². The summed E-state index contributed by atoms with van der Waals surface area (Å²) >= 11 is 0. The summed E-state index contributed by atoms with van der Waals surface area (Å²) in [7, 11) is 5.54. The van der Waals surface area contributed by atoms with Gasteiger partial charge >= 0.3 is 0 Å². The van der Waals surface area contributed by atoms with E-state index in [-0.39, 0.29) is 22.9 Å². The molecule has 2 aliphatic heterocycles. The molecule has 1 aromatic heterocycles. The minimum atomic E-state index is -0.172. The molecule has 0 N–H and O–H groups in total. The standard InChI is InChI=1S/C45H57N3O3/c1-12-47-38-20-18-34(49-10)28-36(38)44(5,6)40(47)22-16-31-14-15-32(43(31)51-42(30(3)4)33-24-26-46(9)27-25-33)17-23-41-45(7,8)37-29-35(50-11)19-21-39(37)48(41)13-2/h16-30,42H,12-15H2,1-11H3/q+2. The van der Waals surface area contributed by atoms with Gasteiger partial charge in [-0.1, -0.05) is 33.8 Å². The summed E-state index contributed by atoms with van der Waals surface area (Å²) in [5.74, 6) is 3.08. The van der Waals surface area contributed by atoms with Crippen molar-refractivity contribution in [2.24, 2.45) is 13.0 Å². The molecule has 268 valence electrons. The van der Waals surface area contributed by atoms with E-state index >= 15 is 0 Å². The molecule has 2 aromatic carbocycles. The first kappa shape index (κ1) is 36.2. The predicted octanol–water partition coefficient (Wildman–Crippen LogP) is 9.57. The van der Waals surface area contributed by atoms with Gasteiger partial charge in [0.2, 0.25) is 5.69 Å². The highest BCUT2D eigenvalue weighted by atomic mass is 16.5. The van der Waals surface area contributed by atoms with Crippen LogP contribution < -0.4 is 18.9 Å². The predicted molar refractivity (Wildman–Crippen MR) is 208 cm³/mol. The zero-order chi connectivity index (χ0) is 36.7. The number of allylic oxidation sites excluding steroid dienone is 7. The van der Waals surface area contributed by atoms with Crippen LogP contribution in [0.25, 0.3) is 0 Å². The van der Waals surface area contributed by atoms with Crippen LogP contribution in [0.1, 0.15) is 91.0 Å². The van der Waals surface area contributed by atoms with Gasteiger partial charge in [0.25, 0.3) is 0 Å². The first-order valence-electron chi connectivity index (χ1n) is 18.6. The summed E-state index contributed by atoms with van der Waals surface area (Å²) in [5, 5.41) is 0. The molecular weight excluding hydrogens is 631 g/mol. The molecule has 0 spiro atoms. The highest BCUT2D eigenvalue weighted by Gasteiger charge is 2.44. The number of benzene rings is 2. The molecule has 3 aliphatic rings. The lowest BCUT2D eigenvalue weighted by molar-refractivity contribution is -0.671. The summed E-state index contributed by atoms with van der Waals surface area (Å²) in [5.41, 5.74) is 11.0. The van der Waals surface area contributed by atoms with Crippen LogP contribution in [0.4, 0.5) is 11.4 Å². The Morgan fingerprint density at radius 1 is 0.824 bits per heavy atom. The SMILES string of the molecule is CCN1/C(=C/C=C2\CCC(/C=C/C3=[N+](CC)c4ccc(OC)cc4C3(C)C)=C2OC(c2cc[n+](C)cc2)C(C)C)C(C)(C)c2cc(OC)ccc21. The van der Waals surface area contributed by atoms with Crippen molar-refractivity contribution in [1.82, 2.24) is 0 Å². The number of hydrogen-bond donors (Lipinski definition) is 0. The van der Waals surface area contributed by atoms with Crippen molar-refractivity contribution in [2.75, 3.05) is 32.2 Å². The molecule has 0 saturated heterocycles. The van der Waals surface area contributed by atoms with Crippen molar-refractivity contribution in [3.8, 4) is 11.5 Å². The van der Waals surface area contributed by atoms with Gasteiger partial charge in [-0.2, -0.15) is 4.58 Å². The van der Waals surface area contributed by atoms with Crippen LogP contribution in [0.5, 0.6) is 11.5 Å². The fourth-order valence-corrected chi connectivity index (χ4v) is 8.19. The number of anilines is 1. The summed E-state index contributed by atoms with van der Waals surface area (Å²) in [6, 6.07) is 17.3. The number of aromatic nitrogens is 1. The monoisotopic (exact) mass is 687 g/mol. The Balaban J connectivity index is 1.44. The minimum absolute atomic E-state index is 0.0787. The quantitative estimate of drug-likeness (QED) is 0.188.